The van der Waals surface area contributed by atoms with E-state index in [-0.39, 0.29) is 0 Å². The number of halogens is 1. The van der Waals surface area contributed by atoms with E-state index in [2.05, 4.69) is 36.1 Å². The summed E-state index contributed by atoms with van der Waals surface area (Å²) in [6, 6.07) is 7.35. The van der Waals surface area contributed by atoms with E-state index in [1.54, 1.807) is 18.3 Å². The first-order chi connectivity index (χ1) is 10.7. The molecule has 1 aromatic carbocycles. The molecule has 3 N–H and O–H groups in total. The third-order valence-electron chi connectivity index (χ3n) is 2.55. The summed E-state index contributed by atoms with van der Waals surface area (Å²) >= 11 is 5.83. The highest BCUT2D eigenvalue weighted by molar-refractivity contribution is 6.30. The minimum absolute atomic E-state index is 0.368. The second kappa shape index (κ2) is 8.14. The number of hydrazone groups is 1. The Labute approximate surface area is 134 Å². The molecule has 0 saturated heterocycles. The molecule has 0 aliphatic carbocycles. The number of rotatable bonds is 7. The van der Waals surface area contributed by atoms with E-state index in [1.807, 2.05) is 26.0 Å². The van der Waals surface area contributed by atoms with Gasteiger partial charge in [-0.1, -0.05) is 23.7 Å². The Morgan fingerprint density at radius 1 is 0.955 bits per heavy atom. The summed E-state index contributed by atoms with van der Waals surface area (Å²) in [4.78, 5) is 12.7. The average Bonchev–Trinajstić information content (AvgIpc) is 2.50. The first kappa shape index (κ1) is 16.0. The van der Waals surface area contributed by atoms with Crippen LogP contribution in [0.15, 0.2) is 29.4 Å². The van der Waals surface area contributed by atoms with E-state index < -0.39 is 0 Å². The molecule has 22 heavy (non-hydrogen) atoms. The zero-order valence-electron chi connectivity index (χ0n) is 12.5. The molecule has 0 unspecified atom stereocenters. The summed E-state index contributed by atoms with van der Waals surface area (Å²) in [5.74, 6) is 1.36. The first-order valence-electron chi connectivity index (χ1n) is 6.99. The lowest BCUT2D eigenvalue weighted by molar-refractivity contribution is 0.992. The quantitative estimate of drug-likeness (QED) is 0.537. The maximum atomic E-state index is 5.83. The van der Waals surface area contributed by atoms with Gasteiger partial charge >= 0.3 is 0 Å². The Balaban J connectivity index is 2.08. The number of nitrogens with one attached hydrogen (secondary N) is 3. The van der Waals surface area contributed by atoms with Crippen molar-refractivity contribution in [1.29, 1.82) is 0 Å². The van der Waals surface area contributed by atoms with Gasteiger partial charge in [0.15, 0.2) is 0 Å². The van der Waals surface area contributed by atoms with E-state index in [4.69, 9.17) is 11.6 Å². The fraction of sp³-hybridized carbons (Fsp3) is 0.286. The van der Waals surface area contributed by atoms with Crippen LogP contribution < -0.4 is 16.1 Å². The van der Waals surface area contributed by atoms with E-state index in [0.717, 1.165) is 18.7 Å². The van der Waals surface area contributed by atoms with Gasteiger partial charge in [0.25, 0.3) is 0 Å². The first-order valence-corrected chi connectivity index (χ1v) is 7.37. The summed E-state index contributed by atoms with van der Waals surface area (Å²) in [6.07, 6.45) is 1.67. The van der Waals surface area contributed by atoms with E-state index in [0.29, 0.717) is 22.9 Å². The highest BCUT2D eigenvalue weighted by Gasteiger charge is 2.04. The lowest BCUT2D eigenvalue weighted by Gasteiger charge is -2.07. The number of aromatic nitrogens is 3. The molecule has 0 aliphatic heterocycles. The van der Waals surface area contributed by atoms with Crippen molar-refractivity contribution >= 4 is 35.7 Å². The van der Waals surface area contributed by atoms with Gasteiger partial charge in [-0.25, -0.2) is 5.43 Å². The van der Waals surface area contributed by atoms with Crippen molar-refractivity contribution in [2.24, 2.45) is 5.10 Å². The van der Waals surface area contributed by atoms with Crippen LogP contribution in [0, 0.1) is 0 Å². The van der Waals surface area contributed by atoms with Crippen LogP contribution in [0.2, 0.25) is 5.02 Å². The van der Waals surface area contributed by atoms with Crippen LogP contribution in [-0.4, -0.2) is 34.3 Å². The van der Waals surface area contributed by atoms with Gasteiger partial charge in [0.05, 0.1) is 6.21 Å². The van der Waals surface area contributed by atoms with Gasteiger partial charge in [-0.3, -0.25) is 0 Å². The summed E-state index contributed by atoms with van der Waals surface area (Å²) in [7, 11) is 0. The average molecular weight is 320 g/mol. The molecule has 0 saturated carbocycles. The Hall–Kier alpha value is -2.41. The molecule has 7 nitrogen and oxygen atoms in total. The number of anilines is 3. The Bertz CT molecular complexity index is 603. The topological polar surface area (TPSA) is 87.1 Å². The largest absolute Gasteiger partial charge is 0.354 e. The second-order valence-electron chi connectivity index (χ2n) is 4.29. The molecule has 0 atom stereocenters. The maximum Gasteiger partial charge on any atom is 0.250 e. The minimum Gasteiger partial charge on any atom is -0.354 e. The lowest BCUT2D eigenvalue weighted by Crippen LogP contribution is -2.10. The fourth-order valence-electron chi connectivity index (χ4n) is 1.61. The van der Waals surface area contributed by atoms with E-state index in [9.17, 15) is 0 Å². The van der Waals surface area contributed by atoms with Gasteiger partial charge in [0.2, 0.25) is 17.8 Å². The Morgan fingerprint density at radius 3 is 2.05 bits per heavy atom. The predicted molar refractivity (Wildman–Crippen MR) is 90.8 cm³/mol. The molecule has 0 fully saturated rings. The fourth-order valence-corrected chi connectivity index (χ4v) is 1.74. The molecule has 0 aliphatic rings. The molecule has 0 radical (unpaired) electrons. The molecule has 0 amide bonds. The number of benzene rings is 1. The van der Waals surface area contributed by atoms with Crippen molar-refractivity contribution in [2.75, 3.05) is 29.1 Å². The van der Waals surface area contributed by atoms with Gasteiger partial charge < -0.3 is 10.6 Å². The third kappa shape index (κ3) is 4.85. The zero-order valence-corrected chi connectivity index (χ0v) is 13.2. The van der Waals surface area contributed by atoms with Crippen molar-refractivity contribution in [3.63, 3.8) is 0 Å². The van der Waals surface area contributed by atoms with Crippen LogP contribution in [0.25, 0.3) is 0 Å². The van der Waals surface area contributed by atoms with Crippen molar-refractivity contribution in [3.8, 4) is 0 Å². The molecule has 0 bridgehead atoms. The van der Waals surface area contributed by atoms with Gasteiger partial charge in [-0.15, -0.1) is 0 Å². The van der Waals surface area contributed by atoms with Crippen LogP contribution in [0.1, 0.15) is 19.4 Å². The second-order valence-corrected chi connectivity index (χ2v) is 4.72. The molecular weight excluding hydrogens is 302 g/mol. The van der Waals surface area contributed by atoms with Gasteiger partial charge in [0, 0.05) is 18.1 Å². The normalized spacial score (nSPS) is 10.7. The minimum atomic E-state index is 0.368. The van der Waals surface area contributed by atoms with Crippen LogP contribution >= 0.6 is 11.6 Å². The van der Waals surface area contributed by atoms with Gasteiger partial charge in [0.1, 0.15) is 0 Å². The highest BCUT2D eigenvalue weighted by Crippen LogP contribution is 2.10. The summed E-state index contributed by atoms with van der Waals surface area (Å²) < 4.78 is 0. The van der Waals surface area contributed by atoms with Crippen LogP contribution in [0.5, 0.6) is 0 Å². The van der Waals surface area contributed by atoms with Gasteiger partial charge in [-0.05, 0) is 31.5 Å². The van der Waals surface area contributed by atoms with Crippen molar-refractivity contribution in [2.45, 2.75) is 13.8 Å². The lowest BCUT2D eigenvalue weighted by atomic mass is 10.2. The van der Waals surface area contributed by atoms with Crippen molar-refractivity contribution in [1.82, 2.24) is 15.0 Å². The molecule has 1 aromatic heterocycles. The number of hydrogen-bond donors (Lipinski definition) is 3. The number of hydrogen-bond acceptors (Lipinski definition) is 7. The van der Waals surface area contributed by atoms with Crippen LogP contribution in [0.3, 0.4) is 0 Å². The van der Waals surface area contributed by atoms with Crippen LogP contribution in [-0.2, 0) is 0 Å². The standard InChI is InChI=1S/C14H18ClN7/c1-3-16-12-19-13(17-4-2)21-14(20-12)22-18-9-10-5-7-11(15)8-6-10/h5-9H,3-4H2,1-2H3,(H3,16,17,19,20,21,22)/b18-9-. The summed E-state index contributed by atoms with van der Waals surface area (Å²) in [5, 5.41) is 10.9. The predicted octanol–water partition coefficient (Wildman–Crippen LogP) is 2.83. The smallest absolute Gasteiger partial charge is 0.250 e. The van der Waals surface area contributed by atoms with Crippen LogP contribution in [0.4, 0.5) is 17.8 Å². The number of nitrogens with zero attached hydrogens (tertiary/aromatic N) is 4. The van der Waals surface area contributed by atoms with E-state index >= 15 is 0 Å². The summed E-state index contributed by atoms with van der Waals surface area (Å²) in [5.41, 5.74) is 3.72. The Kier molecular flexibility index (Phi) is 5.91. The highest BCUT2D eigenvalue weighted by atomic mass is 35.5. The third-order valence-corrected chi connectivity index (χ3v) is 2.81. The molecular formula is C14H18ClN7. The molecule has 8 heteroatoms. The van der Waals surface area contributed by atoms with Gasteiger partial charge in [-0.2, -0.15) is 20.1 Å². The van der Waals surface area contributed by atoms with E-state index in [1.165, 1.54) is 0 Å². The van der Waals surface area contributed by atoms with Crippen molar-refractivity contribution in [3.05, 3.63) is 34.9 Å². The Morgan fingerprint density at radius 2 is 1.50 bits per heavy atom. The monoisotopic (exact) mass is 319 g/mol. The zero-order chi connectivity index (χ0) is 15.8. The molecule has 0 spiro atoms. The molecule has 2 rings (SSSR count). The van der Waals surface area contributed by atoms with Crippen molar-refractivity contribution < 1.29 is 0 Å². The molecule has 2 aromatic rings. The SMILES string of the molecule is CCNc1nc(NCC)nc(N/N=C\c2ccc(Cl)cc2)n1. The summed E-state index contributed by atoms with van der Waals surface area (Å²) in [6.45, 7) is 5.40. The maximum absolute atomic E-state index is 5.83. The molecule has 116 valence electrons. The molecule has 1 heterocycles.